The number of carboxylic acid groups (broad SMARTS) is 1. The summed E-state index contributed by atoms with van der Waals surface area (Å²) in [6.07, 6.45) is 3.69. The molecule has 0 radical (unpaired) electrons. The number of ether oxygens (including phenoxy) is 1. The summed E-state index contributed by atoms with van der Waals surface area (Å²) >= 11 is 0. The maximum atomic E-state index is 11.5. The molecule has 1 atom stereocenters. The van der Waals surface area contributed by atoms with Crippen LogP contribution in [0.25, 0.3) is 0 Å². The Morgan fingerprint density at radius 2 is 2.17 bits per heavy atom. The first kappa shape index (κ1) is 14.9. The van der Waals surface area contributed by atoms with E-state index in [0.717, 1.165) is 0 Å². The zero-order valence-electron chi connectivity index (χ0n) is 10.8. The lowest BCUT2D eigenvalue weighted by Crippen LogP contribution is -2.41. The van der Waals surface area contributed by atoms with E-state index in [1.807, 2.05) is 0 Å². The lowest BCUT2D eigenvalue weighted by atomic mass is 10.1. The number of nitrogens with one attached hydrogen (secondary N) is 2. The summed E-state index contributed by atoms with van der Waals surface area (Å²) in [5.41, 5.74) is 0. The minimum atomic E-state index is -0.991. The molecule has 6 nitrogen and oxygen atoms in total. The molecular formula is C12H22N2O4. The normalized spacial score (nSPS) is 16.3. The monoisotopic (exact) mass is 258 g/mol. The van der Waals surface area contributed by atoms with Gasteiger partial charge in [-0.15, -0.1) is 0 Å². The zero-order chi connectivity index (χ0) is 13.4. The fourth-order valence-corrected chi connectivity index (χ4v) is 1.63. The maximum absolute atomic E-state index is 11.5. The summed E-state index contributed by atoms with van der Waals surface area (Å²) in [6.45, 7) is 1.11. The number of carbonyl (C=O) groups is 2. The number of methoxy groups -OCH3 is 1. The number of hydrogen-bond donors (Lipinski definition) is 3. The minimum absolute atomic E-state index is 0.215. The van der Waals surface area contributed by atoms with Crippen LogP contribution in [0.5, 0.6) is 0 Å². The highest BCUT2D eigenvalue weighted by Crippen LogP contribution is 2.18. The molecule has 1 amide bonds. The number of carbonyl (C=O) groups excluding carboxylic acids is 1. The first-order chi connectivity index (χ1) is 8.63. The molecule has 0 bridgehead atoms. The molecular weight excluding hydrogens is 236 g/mol. The first-order valence-corrected chi connectivity index (χ1v) is 6.38. The molecule has 0 heterocycles. The van der Waals surface area contributed by atoms with Gasteiger partial charge in [-0.3, -0.25) is 4.79 Å². The highest BCUT2D eigenvalue weighted by Gasteiger charge is 2.22. The van der Waals surface area contributed by atoms with E-state index in [-0.39, 0.29) is 5.91 Å². The van der Waals surface area contributed by atoms with Crippen LogP contribution in [0.15, 0.2) is 0 Å². The van der Waals surface area contributed by atoms with Crippen LogP contribution in [0.1, 0.15) is 32.1 Å². The van der Waals surface area contributed by atoms with Crippen LogP contribution >= 0.6 is 0 Å². The van der Waals surface area contributed by atoms with Crippen LogP contribution in [-0.2, 0) is 14.3 Å². The largest absolute Gasteiger partial charge is 0.480 e. The van der Waals surface area contributed by atoms with Gasteiger partial charge < -0.3 is 20.5 Å². The Hall–Kier alpha value is -1.14. The van der Waals surface area contributed by atoms with Crippen molar-refractivity contribution in [1.82, 2.24) is 10.6 Å². The maximum Gasteiger partial charge on any atom is 0.326 e. The van der Waals surface area contributed by atoms with Crippen LogP contribution in [0.3, 0.4) is 0 Å². The van der Waals surface area contributed by atoms with E-state index >= 15 is 0 Å². The molecule has 104 valence electrons. The SMILES string of the molecule is COCCCC(NC(=O)CCNC1CC1)C(=O)O. The van der Waals surface area contributed by atoms with E-state index in [2.05, 4.69) is 10.6 Å². The highest BCUT2D eigenvalue weighted by molar-refractivity contribution is 5.83. The lowest BCUT2D eigenvalue weighted by molar-refractivity contribution is -0.142. The molecule has 1 unspecified atom stereocenters. The van der Waals surface area contributed by atoms with Crippen LogP contribution in [0.2, 0.25) is 0 Å². The predicted molar refractivity (Wildman–Crippen MR) is 66.3 cm³/mol. The van der Waals surface area contributed by atoms with Crippen molar-refractivity contribution in [3.63, 3.8) is 0 Å². The number of aliphatic carboxylic acids is 1. The lowest BCUT2D eigenvalue weighted by Gasteiger charge is -2.14. The Bertz CT molecular complexity index is 279. The van der Waals surface area contributed by atoms with Gasteiger partial charge in [-0.1, -0.05) is 0 Å². The van der Waals surface area contributed by atoms with Crippen LogP contribution < -0.4 is 10.6 Å². The van der Waals surface area contributed by atoms with Crippen molar-refractivity contribution in [2.45, 2.75) is 44.2 Å². The molecule has 0 aromatic carbocycles. The molecule has 0 aromatic heterocycles. The third kappa shape index (κ3) is 6.56. The molecule has 18 heavy (non-hydrogen) atoms. The van der Waals surface area contributed by atoms with E-state index in [1.54, 1.807) is 7.11 Å². The Balaban J connectivity index is 2.16. The molecule has 0 spiro atoms. The van der Waals surface area contributed by atoms with Crippen LogP contribution in [-0.4, -0.2) is 49.3 Å². The van der Waals surface area contributed by atoms with E-state index < -0.39 is 12.0 Å². The predicted octanol–water partition coefficient (Wildman–Crippen LogP) is 0.125. The average Bonchev–Trinajstić information content (AvgIpc) is 3.12. The third-order valence-corrected chi connectivity index (χ3v) is 2.84. The fraction of sp³-hybridized carbons (Fsp3) is 0.833. The van der Waals surface area contributed by atoms with Crippen molar-refractivity contribution < 1.29 is 19.4 Å². The van der Waals surface area contributed by atoms with Crippen molar-refractivity contribution in [2.75, 3.05) is 20.3 Å². The van der Waals surface area contributed by atoms with Crippen LogP contribution in [0, 0.1) is 0 Å². The molecule has 1 aliphatic rings. The molecule has 0 aliphatic heterocycles. The van der Waals surface area contributed by atoms with Crippen molar-refractivity contribution in [1.29, 1.82) is 0 Å². The quantitative estimate of drug-likeness (QED) is 0.485. The number of rotatable bonds is 10. The number of hydrogen-bond acceptors (Lipinski definition) is 4. The second-order valence-corrected chi connectivity index (χ2v) is 4.57. The third-order valence-electron chi connectivity index (χ3n) is 2.84. The van der Waals surface area contributed by atoms with Gasteiger partial charge in [0.15, 0.2) is 0 Å². The summed E-state index contributed by atoms with van der Waals surface area (Å²) in [5, 5.41) is 14.7. The molecule has 6 heteroatoms. The van der Waals surface area contributed by atoms with E-state index in [1.165, 1.54) is 12.8 Å². The number of amides is 1. The molecule has 1 aliphatic carbocycles. The topological polar surface area (TPSA) is 87.7 Å². The van der Waals surface area contributed by atoms with Crippen molar-refractivity contribution in [3.8, 4) is 0 Å². The first-order valence-electron chi connectivity index (χ1n) is 6.38. The second kappa shape index (κ2) is 8.05. The molecule has 1 fully saturated rings. The van der Waals surface area contributed by atoms with Crippen molar-refractivity contribution in [3.05, 3.63) is 0 Å². The smallest absolute Gasteiger partial charge is 0.326 e. The minimum Gasteiger partial charge on any atom is -0.480 e. The summed E-state index contributed by atoms with van der Waals surface area (Å²) in [5.74, 6) is -1.21. The summed E-state index contributed by atoms with van der Waals surface area (Å²) in [6, 6.07) is -0.247. The molecule has 1 rings (SSSR count). The zero-order valence-corrected chi connectivity index (χ0v) is 10.8. The molecule has 3 N–H and O–H groups in total. The second-order valence-electron chi connectivity index (χ2n) is 4.57. The van der Waals surface area contributed by atoms with Crippen molar-refractivity contribution in [2.24, 2.45) is 0 Å². The molecule has 0 saturated heterocycles. The van der Waals surface area contributed by atoms with Gasteiger partial charge in [0.1, 0.15) is 6.04 Å². The standard InChI is InChI=1S/C12H22N2O4/c1-18-8-2-3-10(12(16)17)14-11(15)6-7-13-9-4-5-9/h9-10,13H,2-8H2,1H3,(H,14,15)(H,16,17). The van der Waals surface area contributed by atoms with Gasteiger partial charge in [-0.2, -0.15) is 0 Å². The molecule has 0 aromatic rings. The van der Waals surface area contributed by atoms with Crippen molar-refractivity contribution >= 4 is 11.9 Å². The van der Waals surface area contributed by atoms with Gasteiger partial charge in [-0.25, -0.2) is 4.79 Å². The average molecular weight is 258 g/mol. The van der Waals surface area contributed by atoms with Gasteiger partial charge in [0, 0.05) is 32.7 Å². The molecule has 1 saturated carbocycles. The Kier molecular flexibility index (Phi) is 6.67. The van der Waals surface area contributed by atoms with Crippen LogP contribution in [0.4, 0.5) is 0 Å². The van der Waals surface area contributed by atoms with Gasteiger partial charge in [0.05, 0.1) is 0 Å². The Labute approximate surface area is 107 Å². The van der Waals surface area contributed by atoms with E-state index in [0.29, 0.717) is 38.5 Å². The summed E-state index contributed by atoms with van der Waals surface area (Å²) in [7, 11) is 1.57. The van der Waals surface area contributed by atoms with Gasteiger partial charge in [0.2, 0.25) is 5.91 Å². The number of carboxylic acids is 1. The fourth-order valence-electron chi connectivity index (χ4n) is 1.63. The van der Waals surface area contributed by atoms with E-state index in [9.17, 15) is 9.59 Å². The Morgan fingerprint density at radius 3 is 2.72 bits per heavy atom. The van der Waals surface area contributed by atoms with E-state index in [4.69, 9.17) is 9.84 Å². The van der Waals surface area contributed by atoms with Gasteiger partial charge in [-0.05, 0) is 25.7 Å². The summed E-state index contributed by atoms with van der Waals surface area (Å²) < 4.78 is 4.86. The van der Waals surface area contributed by atoms with Gasteiger partial charge in [0.25, 0.3) is 0 Å². The highest BCUT2D eigenvalue weighted by atomic mass is 16.5. The van der Waals surface area contributed by atoms with Gasteiger partial charge >= 0.3 is 5.97 Å². The Morgan fingerprint density at radius 1 is 1.44 bits per heavy atom. The summed E-state index contributed by atoms with van der Waals surface area (Å²) in [4.78, 5) is 22.5.